The molecule has 9 heteroatoms. The Morgan fingerprint density at radius 1 is 0.971 bits per heavy atom. The van der Waals surface area contributed by atoms with Crippen molar-refractivity contribution in [3.63, 3.8) is 0 Å². The fourth-order valence-corrected chi connectivity index (χ4v) is 4.75. The maximum atomic E-state index is 13.0. The molecular formula is C25H28N2O7. The van der Waals surface area contributed by atoms with Crippen LogP contribution in [-0.2, 0) is 23.8 Å². The lowest BCUT2D eigenvalue weighted by Crippen LogP contribution is -2.49. The Balaban J connectivity index is 1.42. The number of ether oxygens (including phenoxy) is 3. The number of benzene rings is 2. The second-order valence-corrected chi connectivity index (χ2v) is 8.41. The molecule has 2 amide bonds. The van der Waals surface area contributed by atoms with E-state index in [1.165, 1.54) is 19.1 Å². The van der Waals surface area contributed by atoms with Crippen molar-refractivity contribution in [3.8, 4) is 11.1 Å². The Morgan fingerprint density at radius 2 is 1.50 bits per heavy atom. The summed E-state index contributed by atoms with van der Waals surface area (Å²) in [5.41, 5.74) is 4.31. The number of amides is 2. The molecule has 1 heterocycles. The Labute approximate surface area is 197 Å². The average molecular weight is 469 g/mol. The second-order valence-electron chi connectivity index (χ2n) is 8.41. The molecule has 3 atom stereocenters. The minimum absolute atomic E-state index is 0.0645. The number of carboxylic acid groups (broad SMARTS) is 1. The van der Waals surface area contributed by atoms with E-state index in [0.717, 1.165) is 22.3 Å². The first-order valence-corrected chi connectivity index (χ1v) is 11.1. The molecule has 2 N–H and O–H groups in total. The lowest BCUT2D eigenvalue weighted by Gasteiger charge is -2.23. The maximum Gasteiger partial charge on any atom is 0.407 e. The molecule has 2 aromatic carbocycles. The van der Waals surface area contributed by atoms with Gasteiger partial charge in [-0.15, -0.1) is 0 Å². The summed E-state index contributed by atoms with van der Waals surface area (Å²) < 4.78 is 16.2. The third-order valence-electron chi connectivity index (χ3n) is 6.45. The smallest absolute Gasteiger partial charge is 0.407 e. The van der Waals surface area contributed by atoms with Gasteiger partial charge in [-0.1, -0.05) is 48.5 Å². The first kappa shape index (κ1) is 23.7. The molecule has 1 saturated heterocycles. The molecule has 0 aromatic heterocycles. The highest BCUT2D eigenvalue weighted by molar-refractivity contribution is 5.89. The molecule has 3 unspecified atom stereocenters. The summed E-state index contributed by atoms with van der Waals surface area (Å²) in [7, 11) is 3.04. The standard InChI is InChI=1S/C25H28N2O7/c1-32-21-12-27(13-22(21)33-2)24(30)20(11-23(28)29)26-25(31)34-14-19-17-9-5-3-7-15(17)16-8-4-6-10-18(16)19/h3-10,19-22H,11-14H2,1-2H3,(H,26,31)(H,28,29). The third kappa shape index (κ3) is 4.76. The van der Waals surface area contributed by atoms with Gasteiger partial charge in [0.05, 0.1) is 6.42 Å². The number of alkyl carbamates (subject to hydrolysis) is 1. The predicted octanol–water partition coefficient (Wildman–Crippen LogP) is 2.24. The molecule has 0 spiro atoms. The number of nitrogens with one attached hydrogen (secondary N) is 1. The Kier molecular flexibility index (Phi) is 7.14. The predicted molar refractivity (Wildman–Crippen MR) is 122 cm³/mol. The monoisotopic (exact) mass is 468 g/mol. The second kappa shape index (κ2) is 10.2. The van der Waals surface area contributed by atoms with Crippen molar-refractivity contribution < 1.29 is 33.7 Å². The summed E-state index contributed by atoms with van der Waals surface area (Å²) in [5, 5.41) is 11.7. The van der Waals surface area contributed by atoms with Gasteiger partial charge in [-0.05, 0) is 22.3 Å². The quantitative estimate of drug-likeness (QED) is 0.611. The van der Waals surface area contributed by atoms with E-state index in [1.807, 2.05) is 48.5 Å². The highest BCUT2D eigenvalue weighted by atomic mass is 16.5. The van der Waals surface area contributed by atoms with Crippen molar-refractivity contribution >= 4 is 18.0 Å². The van der Waals surface area contributed by atoms with Crippen LogP contribution in [0.25, 0.3) is 11.1 Å². The van der Waals surface area contributed by atoms with Gasteiger partial charge in [0.15, 0.2) is 0 Å². The highest BCUT2D eigenvalue weighted by Gasteiger charge is 2.39. The average Bonchev–Trinajstić information content (AvgIpc) is 3.40. The van der Waals surface area contributed by atoms with Crippen molar-refractivity contribution in [3.05, 3.63) is 59.7 Å². The van der Waals surface area contributed by atoms with E-state index in [0.29, 0.717) is 0 Å². The zero-order valence-electron chi connectivity index (χ0n) is 19.1. The molecule has 1 aliphatic carbocycles. The number of methoxy groups -OCH3 is 2. The molecule has 0 bridgehead atoms. The van der Waals surface area contributed by atoms with Crippen LogP contribution >= 0.6 is 0 Å². The van der Waals surface area contributed by atoms with E-state index < -0.39 is 30.4 Å². The number of hydrogen-bond donors (Lipinski definition) is 2. The molecule has 1 aliphatic heterocycles. The molecule has 2 aliphatic rings. The molecule has 0 radical (unpaired) electrons. The van der Waals surface area contributed by atoms with E-state index in [4.69, 9.17) is 14.2 Å². The van der Waals surface area contributed by atoms with Crippen LogP contribution in [0.1, 0.15) is 23.5 Å². The zero-order chi connectivity index (χ0) is 24.2. The van der Waals surface area contributed by atoms with E-state index >= 15 is 0 Å². The van der Waals surface area contributed by atoms with Gasteiger partial charge in [0.1, 0.15) is 24.9 Å². The normalized spacial score (nSPS) is 19.9. The molecule has 0 saturated carbocycles. The van der Waals surface area contributed by atoms with Crippen LogP contribution in [0.3, 0.4) is 0 Å². The van der Waals surface area contributed by atoms with Crippen molar-refractivity contribution in [1.29, 1.82) is 0 Å². The minimum Gasteiger partial charge on any atom is -0.481 e. The summed E-state index contributed by atoms with van der Waals surface area (Å²) in [6.45, 7) is 0.557. The summed E-state index contributed by atoms with van der Waals surface area (Å²) in [6.07, 6.45) is -2.05. The molecule has 4 rings (SSSR count). The van der Waals surface area contributed by atoms with Gasteiger partial charge in [0.2, 0.25) is 5.91 Å². The molecule has 34 heavy (non-hydrogen) atoms. The largest absolute Gasteiger partial charge is 0.481 e. The van der Waals surface area contributed by atoms with Crippen molar-refractivity contribution in [2.75, 3.05) is 33.9 Å². The summed E-state index contributed by atoms with van der Waals surface area (Å²) in [6, 6.07) is 14.6. The SMILES string of the molecule is COC1CN(C(=O)C(CC(=O)O)NC(=O)OCC2c3ccccc3-c3ccccc32)CC1OC. The van der Waals surface area contributed by atoms with Gasteiger partial charge < -0.3 is 29.5 Å². The van der Waals surface area contributed by atoms with Crippen LogP contribution in [0.5, 0.6) is 0 Å². The number of aliphatic carboxylic acids is 1. The van der Waals surface area contributed by atoms with Gasteiger partial charge in [-0.2, -0.15) is 0 Å². The molecular weight excluding hydrogens is 440 g/mol. The number of hydrogen-bond acceptors (Lipinski definition) is 6. The van der Waals surface area contributed by atoms with Crippen LogP contribution in [0.4, 0.5) is 4.79 Å². The van der Waals surface area contributed by atoms with Crippen molar-refractivity contribution in [2.45, 2.75) is 30.6 Å². The Hall–Kier alpha value is -3.43. The lowest BCUT2D eigenvalue weighted by atomic mass is 9.98. The number of likely N-dealkylation sites (tertiary alicyclic amines) is 1. The van der Waals surface area contributed by atoms with Crippen LogP contribution in [0, 0.1) is 0 Å². The molecule has 1 fully saturated rings. The van der Waals surface area contributed by atoms with Gasteiger partial charge in [0, 0.05) is 33.2 Å². The lowest BCUT2D eigenvalue weighted by molar-refractivity contribution is -0.142. The van der Waals surface area contributed by atoms with E-state index in [2.05, 4.69) is 5.32 Å². The van der Waals surface area contributed by atoms with Crippen LogP contribution in [0.2, 0.25) is 0 Å². The van der Waals surface area contributed by atoms with E-state index in [1.54, 1.807) is 0 Å². The van der Waals surface area contributed by atoms with Gasteiger partial charge >= 0.3 is 12.1 Å². The first-order valence-electron chi connectivity index (χ1n) is 11.1. The Morgan fingerprint density at radius 3 is 2.00 bits per heavy atom. The van der Waals surface area contributed by atoms with Crippen molar-refractivity contribution in [2.24, 2.45) is 0 Å². The van der Waals surface area contributed by atoms with Crippen molar-refractivity contribution in [1.82, 2.24) is 10.2 Å². The third-order valence-corrected chi connectivity index (χ3v) is 6.45. The number of carbonyl (C=O) groups excluding carboxylic acids is 2. The fourth-order valence-electron chi connectivity index (χ4n) is 4.75. The van der Waals surface area contributed by atoms with Crippen LogP contribution in [-0.4, -0.2) is 80.1 Å². The summed E-state index contributed by atoms with van der Waals surface area (Å²) >= 11 is 0. The number of fused-ring (bicyclic) bond motifs is 3. The highest BCUT2D eigenvalue weighted by Crippen LogP contribution is 2.44. The number of nitrogens with zero attached hydrogens (tertiary/aromatic N) is 1. The molecule has 9 nitrogen and oxygen atoms in total. The Bertz CT molecular complexity index is 1020. The number of carbonyl (C=O) groups is 3. The number of carboxylic acids is 1. The van der Waals surface area contributed by atoms with E-state index in [9.17, 15) is 19.5 Å². The zero-order valence-corrected chi connectivity index (χ0v) is 19.1. The van der Waals surface area contributed by atoms with Crippen LogP contribution < -0.4 is 5.32 Å². The summed E-state index contributed by atoms with van der Waals surface area (Å²) in [5.74, 6) is -1.86. The fraction of sp³-hybridized carbons (Fsp3) is 0.400. The first-order chi connectivity index (χ1) is 16.4. The van der Waals surface area contributed by atoms with E-state index in [-0.39, 0.29) is 37.8 Å². The topological polar surface area (TPSA) is 114 Å². The summed E-state index contributed by atoms with van der Waals surface area (Å²) in [4.78, 5) is 38.5. The molecule has 2 aromatic rings. The molecule has 180 valence electrons. The minimum atomic E-state index is -1.26. The number of rotatable bonds is 8. The van der Waals surface area contributed by atoms with Crippen LogP contribution in [0.15, 0.2) is 48.5 Å². The van der Waals surface area contributed by atoms with Gasteiger partial charge in [0.25, 0.3) is 0 Å². The van der Waals surface area contributed by atoms with Gasteiger partial charge in [-0.3, -0.25) is 9.59 Å². The van der Waals surface area contributed by atoms with Gasteiger partial charge in [-0.25, -0.2) is 4.79 Å². The maximum absolute atomic E-state index is 13.0.